The van der Waals surface area contributed by atoms with Gasteiger partial charge in [0, 0.05) is 38.3 Å². The standard InChI is InChI=1S/C15H22N4O3/c1-22-14-9-12(2-5-17-14)10-18-15(21)19-6-3-11(4-7-19)8-13(16)20/h2,5,9,11H,3-4,6-8,10H2,1H3,(H2,16,20)(H,18,21). The van der Waals surface area contributed by atoms with Crippen LogP contribution in [0.1, 0.15) is 24.8 Å². The van der Waals surface area contributed by atoms with Gasteiger partial charge in [-0.05, 0) is 30.4 Å². The molecule has 1 aliphatic heterocycles. The number of methoxy groups -OCH3 is 1. The molecule has 1 fully saturated rings. The van der Waals surface area contributed by atoms with E-state index in [0.29, 0.717) is 37.9 Å². The van der Waals surface area contributed by atoms with E-state index in [1.165, 1.54) is 0 Å². The number of nitrogens with zero attached hydrogens (tertiary/aromatic N) is 2. The number of carbonyl (C=O) groups is 2. The Kier molecular flexibility index (Phi) is 5.57. The van der Waals surface area contributed by atoms with E-state index < -0.39 is 0 Å². The number of hydrogen-bond donors (Lipinski definition) is 2. The number of likely N-dealkylation sites (tertiary alicyclic amines) is 1. The third kappa shape index (κ3) is 4.61. The number of primary amides is 1. The van der Waals surface area contributed by atoms with Crippen LogP contribution in [0, 0.1) is 5.92 Å². The summed E-state index contributed by atoms with van der Waals surface area (Å²) in [6.07, 6.45) is 3.70. The van der Waals surface area contributed by atoms with Gasteiger partial charge in [-0.25, -0.2) is 9.78 Å². The summed E-state index contributed by atoms with van der Waals surface area (Å²) in [6.45, 7) is 1.74. The van der Waals surface area contributed by atoms with Gasteiger partial charge in [-0.15, -0.1) is 0 Å². The third-order valence-electron chi connectivity index (χ3n) is 3.84. The number of urea groups is 1. The minimum Gasteiger partial charge on any atom is -0.481 e. The van der Waals surface area contributed by atoms with Crippen LogP contribution in [0.5, 0.6) is 5.88 Å². The summed E-state index contributed by atoms with van der Waals surface area (Å²) in [5, 5.41) is 2.89. The van der Waals surface area contributed by atoms with E-state index in [1.54, 1.807) is 24.3 Å². The Morgan fingerprint density at radius 2 is 2.18 bits per heavy atom. The first-order valence-electron chi connectivity index (χ1n) is 7.38. The molecule has 0 aliphatic carbocycles. The summed E-state index contributed by atoms with van der Waals surface area (Å²) in [5.74, 6) is 0.555. The lowest BCUT2D eigenvalue weighted by Gasteiger charge is -2.31. The van der Waals surface area contributed by atoms with Crippen molar-refractivity contribution in [1.82, 2.24) is 15.2 Å². The number of nitrogens with one attached hydrogen (secondary N) is 1. The first kappa shape index (κ1) is 16.1. The Labute approximate surface area is 129 Å². The molecule has 1 saturated heterocycles. The molecule has 22 heavy (non-hydrogen) atoms. The lowest BCUT2D eigenvalue weighted by Crippen LogP contribution is -2.44. The van der Waals surface area contributed by atoms with Crippen LogP contribution in [0.3, 0.4) is 0 Å². The first-order valence-corrected chi connectivity index (χ1v) is 7.38. The minimum atomic E-state index is -0.269. The van der Waals surface area contributed by atoms with Crippen molar-refractivity contribution in [2.75, 3.05) is 20.2 Å². The van der Waals surface area contributed by atoms with Gasteiger partial charge in [-0.1, -0.05) is 0 Å². The second kappa shape index (κ2) is 7.63. The highest BCUT2D eigenvalue weighted by Gasteiger charge is 2.23. The maximum atomic E-state index is 12.1. The highest BCUT2D eigenvalue weighted by molar-refractivity contribution is 5.75. The number of ether oxygens (including phenoxy) is 1. The van der Waals surface area contributed by atoms with Crippen LogP contribution in [0.25, 0.3) is 0 Å². The van der Waals surface area contributed by atoms with Crippen molar-refractivity contribution in [2.45, 2.75) is 25.8 Å². The molecule has 1 aromatic rings. The summed E-state index contributed by atoms with van der Waals surface area (Å²) in [6, 6.07) is 3.54. The highest BCUT2D eigenvalue weighted by Crippen LogP contribution is 2.20. The fourth-order valence-electron chi connectivity index (χ4n) is 2.59. The Morgan fingerprint density at radius 1 is 1.45 bits per heavy atom. The van der Waals surface area contributed by atoms with Gasteiger partial charge < -0.3 is 20.7 Å². The molecule has 0 radical (unpaired) electrons. The zero-order valence-electron chi connectivity index (χ0n) is 12.7. The Balaban J connectivity index is 1.77. The Morgan fingerprint density at radius 3 is 2.82 bits per heavy atom. The van der Waals surface area contributed by atoms with Crippen LogP contribution in [0.15, 0.2) is 18.3 Å². The van der Waals surface area contributed by atoms with E-state index in [4.69, 9.17) is 10.5 Å². The van der Waals surface area contributed by atoms with Crippen molar-refractivity contribution in [3.8, 4) is 5.88 Å². The van der Waals surface area contributed by atoms with Crippen LogP contribution < -0.4 is 15.8 Å². The molecule has 2 heterocycles. The molecular weight excluding hydrogens is 284 g/mol. The smallest absolute Gasteiger partial charge is 0.317 e. The van der Waals surface area contributed by atoms with Crippen LogP contribution in [-0.2, 0) is 11.3 Å². The predicted octanol–water partition coefficient (Wildman–Crippen LogP) is 0.887. The number of carbonyl (C=O) groups excluding carboxylic acids is 2. The average Bonchev–Trinajstić information content (AvgIpc) is 2.53. The Bertz CT molecular complexity index is 527. The highest BCUT2D eigenvalue weighted by atomic mass is 16.5. The van der Waals surface area contributed by atoms with Crippen molar-refractivity contribution >= 4 is 11.9 Å². The molecular formula is C15H22N4O3. The molecule has 7 nitrogen and oxygen atoms in total. The summed E-state index contributed by atoms with van der Waals surface area (Å²) >= 11 is 0. The zero-order valence-corrected chi connectivity index (χ0v) is 12.7. The van der Waals surface area contributed by atoms with Gasteiger partial charge in [0.05, 0.1) is 7.11 Å². The fraction of sp³-hybridized carbons (Fsp3) is 0.533. The number of rotatable bonds is 5. The van der Waals surface area contributed by atoms with Gasteiger partial charge in [-0.3, -0.25) is 4.79 Å². The second-order valence-electron chi connectivity index (χ2n) is 5.47. The summed E-state index contributed by atoms with van der Waals surface area (Å²) in [5.41, 5.74) is 6.14. The van der Waals surface area contributed by atoms with E-state index in [9.17, 15) is 9.59 Å². The molecule has 120 valence electrons. The monoisotopic (exact) mass is 306 g/mol. The molecule has 7 heteroatoms. The van der Waals surface area contributed by atoms with Crippen molar-refractivity contribution in [3.05, 3.63) is 23.9 Å². The fourth-order valence-corrected chi connectivity index (χ4v) is 2.59. The lowest BCUT2D eigenvalue weighted by atomic mass is 9.93. The molecule has 0 spiro atoms. The Hall–Kier alpha value is -2.31. The van der Waals surface area contributed by atoms with Gasteiger partial charge in [0.15, 0.2) is 0 Å². The van der Waals surface area contributed by atoms with Crippen molar-refractivity contribution in [2.24, 2.45) is 11.7 Å². The maximum Gasteiger partial charge on any atom is 0.317 e. The van der Waals surface area contributed by atoms with Gasteiger partial charge in [0.2, 0.25) is 11.8 Å². The van der Waals surface area contributed by atoms with Crippen LogP contribution in [0.2, 0.25) is 0 Å². The molecule has 0 bridgehead atoms. The number of piperidine rings is 1. The average molecular weight is 306 g/mol. The third-order valence-corrected chi connectivity index (χ3v) is 3.84. The van der Waals surface area contributed by atoms with Gasteiger partial charge in [-0.2, -0.15) is 0 Å². The number of nitrogens with two attached hydrogens (primary N) is 1. The van der Waals surface area contributed by atoms with Gasteiger partial charge >= 0.3 is 6.03 Å². The molecule has 1 aliphatic rings. The topological polar surface area (TPSA) is 97.5 Å². The number of amides is 3. The normalized spacial score (nSPS) is 15.4. The lowest BCUT2D eigenvalue weighted by molar-refractivity contribution is -0.119. The van der Waals surface area contributed by atoms with E-state index in [2.05, 4.69) is 10.3 Å². The molecule has 0 saturated carbocycles. The van der Waals surface area contributed by atoms with Gasteiger partial charge in [0.1, 0.15) is 0 Å². The minimum absolute atomic E-state index is 0.0895. The summed E-state index contributed by atoms with van der Waals surface area (Å²) < 4.78 is 5.05. The van der Waals surface area contributed by atoms with Crippen molar-refractivity contribution < 1.29 is 14.3 Å². The molecule has 0 unspecified atom stereocenters. The van der Waals surface area contributed by atoms with Crippen LogP contribution in [0.4, 0.5) is 4.79 Å². The second-order valence-corrected chi connectivity index (χ2v) is 5.47. The largest absolute Gasteiger partial charge is 0.481 e. The molecule has 1 aromatic heterocycles. The van der Waals surface area contributed by atoms with E-state index >= 15 is 0 Å². The quantitative estimate of drug-likeness (QED) is 0.844. The van der Waals surface area contributed by atoms with E-state index in [0.717, 1.165) is 18.4 Å². The molecule has 3 amide bonds. The van der Waals surface area contributed by atoms with E-state index in [-0.39, 0.29) is 11.9 Å². The molecule has 2 rings (SSSR count). The first-order chi connectivity index (χ1) is 10.6. The zero-order chi connectivity index (χ0) is 15.9. The number of pyridine rings is 1. The van der Waals surface area contributed by atoms with Crippen LogP contribution >= 0.6 is 0 Å². The van der Waals surface area contributed by atoms with Crippen LogP contribution in [-0.4, -0.2) is 42.0 Å². The van der Waals surface area contributed by atoms with Crippen molar-refractivity contribution in [3.63, 3.8) is 0 Å². The molecule has 0 atom stereocenters. The summed E-state index contributed by atoms with van der Waals surface area (Å²) in [4.78, 5) is 28.8. The number of aromatic nitrogens is 1. The molecule has 3 N–H and O–H groups in total. The van der Waals surface area contributed by atoms with Gasteiger partial charge in [0.25, 0.3) is 0 Å². The number of hydrogen-bond acceptors (Lipinski definition) is 4. The molecule has 0 aromatic carbocycles. The summed E-state index contributed by atoms with van der Waals surface area (Å²) in [7, 11) is 1.56. The maximum absolute atomic E-state index is 12.1. The predicted molar refractivity (Wildman–Crippen MR) is 81.1 cm³/mol. The van der Waals surface area contributed by atoms with Crippen molar-refractivity contribution in [1.29, 1.82) is 0 Å². The van der Waals surface area contributed by atoms with E-state index in [1.807, 2.05) is 6.07 Å². The SMILES string of the molecule is COc1cc(CNC(=O)N2CCC(CC(N)=O)CC2)ccn1.